The van der Waals surface area contributed by atoms with Crippen LogP contribution in [0.5, 0.6) is 11.5 Å². The number of thiocarbonyl (C=S) groups is 1. The summed E-state index contributed by atoms with van der Waals surface area (Å²) >= 11 is 5.38. The minimum atomic E-state index is -0.278. The van der Waals surface area contributed by atoms with Gasteiger partial charge in [0.25, 0.3) is 0 Å². The van der Waals surface area contributed by atoms with E-state index in [1.807, 2.05) is 18.2 Å². The first-order chi connectivity index (χ1) is 15.3. The fourth-order valence-electron chi connectivity index (χ4n) is 4.20. The molecule has 2 N–H and O–H groups in total. The zero-order chi connectivity index (χ0) is 22.9. The van der Waals surface area contributed by atoms with Gasteiger partial charge in [-0.2, -0.15) is 0 Å². The molecule has 0 fully saturated rings. The SMILES string of the molecule is COc1cc(C2NC(=S)NC3=C2C(=O)CCC3)ccc1OCc1ccc(C(C)(C)C)cc1. The van der Waals surface area contributed by atoms with Crippen molar-refractivity contribution in [2.75, 3.05) is 7.11 Å². The number of Topliss-reactive ketones (excluding diaryl/α,β-unsaturated/α-hetero) is 1. The Kier molecular flexibility index (Phi) is 6.24. The summed E-state index contributed by atoms with van der Waals surface area (Å²) in [6, 6.07) is 14.0. The van der Waals surface area contributed by atoms with Crippen molar-refractivity contribution >= 4 is 23.1 Å². The molecule has 0 aromatic heterocycles. The summed E-state index contributed by atoms with van der Waals surface area (Å²) in [5.74, 6) is 1.46. The Hall–Kier alpha value is -2.86. The maximum atomic E-state index is 12.6. The minimum Gasteiger partial charge on any atom is -0.493 e. The standard InChI is InChI=1S/C26H30N2O3S/c1-26(2,3)18-11-8-16(9-12-18)15-31-21-13-10-17(14-22(21)30-4)24-23-19(27-25(32)28-24)6-5-7-20(23)29/h8-14,24H,5-7,15H2,1-4H3,(H2,27,28,32). The molecule has 6 heteroatoms. The quantitative estimate of drug-likeness (QED) is 0.618. The first kappa shape index (κ1) is 22.3. The molecule has 32 heavy (non-hydrogen) atoms. The normalized spacial score (nSPS) is 18.6. The van der Waals surface area contributed by atoms with Crippen LogP contribution in [0.2, 0.25) is 0 Å². The van der Waals surface area contributed by atoms with Crippen LogP contribution in [0.4, 0.5) is 0 Å². The highest BCUT2D eigenvalue weighted by atomic mass is 32.1. The van der Waals surface area contributed by atoms with E-state index in [4.69, 9.17) is 21.7 Å². The molecule has 1 aliphatic carbocycles. The molecule has 0 saturated heterocycles. The van der Waals surface area contributed by atoms with E-state index in [9.17, 15) is 4.79 Å². The Balaban J connectivity index is 1.54. The second kappa shape index (κ2) is 8.94. The molecule has 1 aliphatic heterocycles. The first-order valence-electron chi connectivity index (χ1n) is 11.0. The van der Waals surface area contributed by atoms with Crippen molar-refractivity contribution < 1.29 is 14.3 Å². The number of rotatable bonds is 5. The fourth-order valence-corrected chi connectivity index (χ4v) is 4.44. The van der Waals surface area contributed by atoms with E-state index in [0.717, 1.165) is 35.2 Å². The molecule has 1 atom stereocenters. The Morgan fingerprint density at radius 3 is 2.50 bits per heavy atom. The van der Waals surface area contributed by atoms with E-state index in [-0.39, 0.29) is 17.2 Å². The second-order valence-corrected chi connectivity index (χ2v) is 9.75. The fraction of sp³-hybridized carbons (Fsp3) is 0.385. The van der Waals surface area contributed by atoms with E-state index in [0.29, 0.717) is 29.6 Å². The molecule has 1 heterocycles. The maximum Gasteiger partial charge on any atom is 0.171 e. The number of nitrogens with one attached hydrogen (secondary N) is 2. The summed E-state index contributed by atoms with van der Waals surface area (Å²) in [4.78, 5) is 12.6. The summed E-state index contributed by atoms with van der Waals surface area (Å²) in [6.45, 7) is 7.06. The lowest BCUT2D eigenvalue weighted by molar-refractivity contribution is -0.116. The predicted octanol–water partition coefficient (Wildman–Crippen LogP) is 5.10. The summed E-state index contributed by atoms with van der Waals surface area (Å²) in [5, 5.41) is 6.96. The van der Waals surface area contributed by atoms with Crippen LogP contribution in [0.1, 0.15) is 62.8 Å². The van der Waals surface area contributed by atoms with Gasteiger partial charge >= 0.3 is 0 Å². The summed E-state index contributed by atoms with van der Waals surface area (Å²) < 4.78 is 11.7. The number of ether oxygens (including phenoxy) is 2. The predicted molar refractivity (Wildman–Crippen MR) is 130 cm³/mol. The summed E-state index contributed by atoms with van der Waals surface area (Å²) in [5.41, 5.74) is 5.15. The Morgan fingerprint density at radius 2 is 1.81 bits per heavy atom. The number of hydrogen-bond acceptors (Lipinski definition) is 4. The first-order valence-corrected chi connectivity index (χ1v) is 11.4. The average molecular weight is 451 g/mol. The number of ketones is 1. The van der Waals surface area contributed by atoms with Crippen molar-refractivity contribution in [2.45, 2.75) is 58.1 Å². The van der Waals surface area contributed by atoms with Crippen molar-refractivity contribution in [3.05, 3.63) is 70.4 Å². The maximum absolute atomic E-state index is 12.6. The molecular formula is C26H30N2O3S. The van der Waals surface area contributed by atoms with Gasteiger partial charge in [-0.05, 0) is 59.3 Å². The van der Waals surface area contributed by atoms with Gasteiger partial charge in [-0.15, -0.1) is 0 Å². The average Bonchev–Trinajstić information content (AvgIpc) is 2.76. The molecule has 0 amide bonds. The lowest BCUT2D eigenvalue weighted by atomic mass is 9.85. The van der Waals surface area contributed by atoms with Crippen LogP contribution in [0, 0.1) is 0 Å². The van der Waals surface area contributed by atoms with Gasteiger partial charge < -0.3 is 20.1 Å². The number of carbonyl (C=O) groups is 1. The Labute approximate surface area is 195 Å². The molecule has 168 valence electrons. The van der Waals surface area contributed by atoms with Crippen molar-refractivity contribution in [3.63, 3.8) is 0 Å². The molecular weight excluding hydrogens is 420 g/mol. The number of hydrogen-bond donors (Lipinski definition) is 2. The van der Waals surface area contributed by atoms with Crippen LogP contribution in [-0.4, -0.2) is 18.0 Å². The highest BCUT2D eigenvalue weighted by Crippen LogP contribution is 2.37. The van der Waals surface area contributed by atoms with Crippen molar-refractivity contribution in [1.29, 1.82) is 0 Å². The van der Waals surface area contributed by atoms with Gasteiger partial charge in [-0.1, -0.05) is 51.1 Å². The van der Waals surface area contributed by atoms with E-state index in [1.54, 1.807) is 7.11 Å². The third-order valence-corrected chi connectivity index (χ3v) is 6.24. The summed E-state index contributed by atoms with van der Waals surface area (Å²) in [7, 11) is 1.63. The smallest absolute Gasteiger partial charge is 0.171 e. The monoisotopic (exact) mass is 450 g/mol. The van der Waals surface area contributed by atoms with Gasteiger partial charge in [0.15, 0.2) is 22.4 Å². The highest BCUT2D eigenvalue weighted by Gasteiger charge is 2.33. The topological polar surface area (TPSA) is 59.6 Å². The second-order valence-electron chi connectivity index (χ2n) is 9.35. The largest absolute Gasteiger partial charge is 0.493 e. The van der Waals surface area contributed by atoms with Crippen LogP contribution >= 0.6 is 12.2 Å². The third-order valence-electron chi connectivity index (χ3n) is 6.02. The lowest BCUT2D eigenvalue weighted by Crippen LogP contribution is -2.46. The molecule has 0 spiro atoms. The van der Waals surface area contributed by atoms with Gasteiger partial charge in [0.2, 0.25) is 0 Å². The van der Waals surface area contributed by atoms with Crippen LogP contribution in [0.25, 0.3) is 0 Å². The molecule has 2 aliphatic rings. The van der Waals surface area contributed by atoms with Gasteiger partial charge in [0.1, 0.15) is 6.61 Å². The molecule has 0 saturated carbocycles. The van der Waals surface area contributed by atoms with Gasteiger partial charge in [0, 0.05) is 17.7 Å². The molecule has 4 rings (SSSR count). The number of benzene rings is 2. The van der Waals surface area contributed by atoms with Crippen molar-refractivity contribution in [1.82, 2.24) is 10.6 Å². The van der Waals surface area contributed by atoms with E-state index in [1.165, 1.54) is 5.56 Å². The van der Waals surface area contributed by atoms with E-state index < -0.39 is 0 Å². The van der Waals surface area contributed by atoms with Crippen molar-refractivity contribution in [2.24, 2.45) is 0 Å². The van der Waals surface area contributed by atoms with Crippen LogP contribution in [0.3, 0.4) is 0 Å². The number of allylic oxidation sites excluding steroid dienone is 1. The Morgan fingerprint density at radius 1 is 1.06 bits per heavy atom. The lowest BCUT2D eigenvalue weighted by Gasteiger charge is -2.34. The molecule has 5 nitrogen and oxygen atoms in total. The highest BCUT2D eigenvalue weighted by molar-refractivity contribution is 7.80. The number of carbonyl (C=O) groups excluding carboxylic acids is 1. The minimum absolute atomic E-state index is 0.123. The summed E-state index contributed by atoms with van der Waals surface area (Å²) in [6.07, 6.45) is 2.26. The zero-order valence-electron chi connectivity index (χ0n) is 19.1. The Bertz CT molecular complexity index is 1070. The van der Waals surface area contributed by atoms with Crippen LogP contribution in [-0.2, 0) is 16.8 Å². The van der Waals surface area contributed by atoms with E-state index in [2.05, 4.69) is 55.7 Å². The van der Waals surface area contributed by atoms with Gasteiger partial charge in [0.05, 0.1) is 13.2 Å². The molecule has 0 radical (unpaired) electrons. The number of methoxy groups -OCH3 is 1. The van der Waals surface area contributed by atoms with Crippen LogP contribution < -0.4 is 20.1 Å². The van der Waals surface area contributed by atoms with Crippen molar-refractivity contribution in [3.8, 4) is 11.5 Å². The van der Waals surface area contributed by atoms with E-state index >= 15 is 0 Å². The van der Waals surface area contributed by atoms with Crippen LogP contribution in [0.15, 0.2) is 53.7 Å². The molecule has 2 aromatic rings. The van der Waals surface area contributed by atoms with Gasteiger partial charge in [-0.25, -0.2) is 0 Å². The molecule has 1 unspecified atom stereocenters. The third kappa shape index (κ3) is 4.65. The zero-order valence-corrected chi connectivity index (χ0v) is 19.9. The van der Waals surface area contributed by atoms with Gasteiger partial charge in [-0.3, -0.25) is 4.79 Å². The molecule has 0 bridgehead atoms. The molecule has 2 aromatic carbocycles.